The number of aryl methyl sites for hydroxylation is 3. The van der Waals surface area contributed by atoms with Gasteiger partial charge in [-0.05, 0) is 32.9 Å². The van der Waals surface area contributed by atoms with E-state index in [0.29, 0.717) is 0 Å². The van der Waals surface area contributed by atoms with Gasteiger partial charge in [0.05, 0.1) is 34.7 Å². The van der Waals surface area contributed by atoms with Gasteiger partial charge in [0.2, 0.25) is 0 Å². The first-order valence-electron chi connectivity index (χ1n) is 9.49. The van der Waals surface area contributed by atoms with Crippen molar-refractivity contribution in [1.29, 1.82) is 0 Å². The van der Waals surface area contributed by atoms with E-state index in [1.807, 2.05) is 31.3 Å². The second kappa shape index (κ2) is 7.23. The molecule has 148 valence electrons. The van der Waals surface area contributed by atoms with Crippen molar-refractivity contribution in [1.82, 2.24) is 25.1 Å². The van der Waals surface area contributed by atoms with Crippen molar-refractivity contribution in [3.8, 4) is 11.3 Å². The summed E-state index contributed by atoms with van der Waals surface area (Å²) in [6, 6.07) is 5.95. The summed E-state index contributed by atoms with van der Waals surface area (Å²) in [6.07, 6.45) is 2.82. The van der Waals surface area contributed by atoms with Crippen LogP contribution in [0.5, 0.6) is 0 Å². The van der Waals surface area contributed by atoms with Crippen molar-refractivity contribution >= 4 is 39.4 Å². The Hall–Kier alpha value is -2.78. The second-order valence-electron chi connectivity index (χ2n) is 7.13. The number of aromatic amines is 1. The van der Waals surface area contributed by atoms with Crippen LogP contribution in [0.3, 0.4) is 0 Å². The Morgan fingerprint density at radius 3 is 2.83 bits per heavy atom. The molecule has 2 N–H and O–H groups in total. The van der Waals surface area contributed by atoms with Crippen molar-refractivity contribution in [2.75, 3.05) is 16.8 Å². The molecule has 0 amide bonds. The first-order valence-corrected chi connectivity index (χ1v) is 11.1. The maximum absolute atomic E-state index is 4.88. The van der Waals surface area contributed by atoms with Crippen molar-refractivity contribution in [2.24, 2.45) is 0 Å². The predicted molar refractivity (Wildman–Crippen MR) is 118 cm³/mol. The lowest BCUT2D eigenvalue weighted by Crippen LogP contribution is -2.24. The van der Waals surface area contributed by atoms with Gasteiger partial charge in [-0.2, -0.15) is 5.10 Å². The predicted octanol–water partition coefficient (Wildman–Crippen LogP) is 4.62. The fourth-order valence-electron chi connectivity index (χ4n) is 3.60. The molecule has 5 heterocycles. The highest BCUT2D eigenvalue weighted by Gasteiger charge is 2.26. The number of pyridine rings is 1. The molecule has 0 atom stereocenters. The molecule has 1 aliphatic heterocycles. The summed E-state index contributed by atoms with van der Waals surface area (Å²) in [5.41, 5.74) is 4.16. The van der Waals surface area contributed by atoms with Crippen molar-refractivity contribution in [2.45, 2.75) is 33.7 Å². The number of H-pyrrole nitrogens is 1. The molecule has 0 spiro atoms. The molecule has 0 unspecified atom stereocenters. The third kappa shape index (κ3) is 3.51. The fourth-order valence-corrected chi connectivity index (χ4v) is 5.53. The van der Waals surface area contributed by atoms with E-state index < -0.39 is 0 Å². The lowest BCUT2D eigenvalue weighted by molar-refractivity contribution is 0.779. The van der Waals surface area contributed by atoms with Crippen LogP contribution in [0.2, 0.25) is 0 Å². The first-order chi connectivity index (χ1) is 14.1. The first kappa shape index (κ1) is 18.3. The summed E-state index contributed by atoms with van der Waals surface area (Å²) < 4.78 is 0. The number of hydrogen-bond donors (Lipinski definition) is 2. The molecule has 0 bridgehead atoms. The van der Waals surface area contributed by atoms with Crippen LogP contribution in [0.15, 0.2) is 24.4 Å². The van der Waals surface area contributed by atoms with Crippen LogP contribution in [0.4, 0.5) is 16.8 Å². The lowest BCUT2D eigenvalue weighted by atomic mass is 10.2. The Labute approximate surface area is 176 Å². The van der Waals surface area contributed by atoms with E-state index in [9.17, 15) is 0 Å². The van der Waals surface area contributed by atoms with Gasteiger partial charge in [0.1, 0.15) is 11.6 Å². The fraction of sp³-hybridized carbons (Fsp3) is 0.300. The molecule has 1 aliphatic rings. The highest BCUT2D eigenvalue weighted by Crippen LogP contribution is 2.40. The van der Waals surface area contributed by atoms with E-state index in [4.69, 9.17) is 4.98 Å². The molecule has 29 heavy (non-hydrogen) atoms. The number of nitrogens with zero attached hydrogens (tertiary/aromatic N) is 5. The SMILES string of the molecule is Cc1cccc(Nc2nc3c(s2)CCN(Cc2sc(C)nc2C)c2[nH]ncc2-3)n1. The number of thiazole rings is 2. The Morgan fingerprint density at radius 2 is 2.03 bits per heavy atom. The smallest absolute Gasteiger partial charge is 0.189 e. The third-order valence-electron chi connectivity index (χ3n) is 4.95. The Balaban J connectivity index is 1.45. The molecule has 7 nitrogen and oxygen atoms in total. The van der Waals surface area contributed by atoms with Gasteiger partial charge in [-0.3, -0.25) is 5.10 Å². The minimum Gasteiger partial charge on any atom is -0.351 e. The number of hydrogen-bond acceptors (Lipinski definition) is 8. The number of rotatable bonds is 4. The average molecular weight is 424 g/mol. The zero-order chi connectivity index (χ0) is 20.0. The van der Waals surface area contributed by atoms with Crippen molar-refractivity contribution in [3.63, 3.8) is 0 Å². The number of fused-ring (bicyclic) bond motifs is 3. The number of nitrogens with one attached hydrogen (secondary N) is 2. The van der Waals surface area contributed by atoms with Crippen LogP contribution in [-0.2, 0) is 13.0 Å². The molecule has 0 fully saturated rings. The van der Waals surface area contributed by atoms with Gasteiger partial charge in [0.15, 0.2) is 5.13 Å². The highest BCUT2D eigenvalue weighted by molar-refractivity contribution is 7.16. The summed E-state index contributed by atoms with van der Waals surface area (Å²) in [6.45, 7) is 7.87. The maximum Gasteiger partial charge on any atom is 0.189 e. The van der Waals surface area contributed by atoms with E-state index in [-0.39, 0.29) is 0 Å². The van der Waals surface area contributed by atoms with Gasteiger partial charge in [-0.15, -0.1) is 22.7 Å². The van der Waals surface area contributed by atoms with Crippen LogP contribution in [0.25, 0.3) is 11.3 Å². The Morgan fingerprint density at radius 1 is 1.14 bits per heavy atom. The maximum atomic E-state index is 4.88. The zero-order valence-corrected chi connectivity index (χ0v) is 18.1. The standard InChI is InChI=1S/C20H21N7S2/c1-11-5-4-6-17(22-11)24-20-25-18-14-9-21-26-19(14)27(8-7-15(18)29-20)10-16-12(2)23-13(3)28-16/h4-6,9H,7-8,10H2,1-3H3,(H,21,26)(H,22,24,25). The van der Waals surface area contributed by atoms with E-state index in [0.717, 1.165) is 63.9 Å². The topological polar surface area (TPSA) is 82.6 Å². The molecule has 5 rings (SSSR count). The molecule has 0 radical (unpaired) electrons. The van der Waals surface area contributed by atoms with Gasteiger partial charge in [0, 0.05) is 28.4 Å². The van der Waals surface area contributed by atoms with Crippen LogP contribution in [-0.4, -0.2) is 31.7 Å². The number of anilines is 3. The van der Waals surface area contributed by atoms with E-state index in [2.05, 4.69) is 44.2 Å². The molecule has 0 saturated heterocycles. The Bertz CT molecular complexity index is 1170. The highest BCUT2D eigenvalue weighted by atomic mass is 32.1. The second-order valence-corrected chi connectivity index (χ2v) is 9.50. The minimum absolute atomic E-state index is 0.819. The van der Waals surface area contributed by atoms with Crippen molar-refractivity contribution < 1.29 is 0 Å². The molecular weight excluding hydrogens is 402 g/mol. The molecular formula is C20H21N7S2. The van der Waals surface area contributed by atoms with Gasteiger partial charge in [-0.1, -0.05) is 6.07 Å². The molecule has 0 saturated carbocycles. The monoisotopic (exact) mass is 423 g/mol. The van der Waals surface area contributed by atoms with Gasteiger partial charge in [-0.25, -0.2) is 15.0 Å². The third-order valence-corrected chi connectivity index (χ3v) is 7.04. The van der Waals surface area contributed by atoms with E-state index in [1.54, 1.807) is 22.7 Å². The molecule has 4 aromatic heterocycles. The number of aromatic nitrogens is 5. The molecule has 9 heteroatoms. The zero-order valence-electron chi connectivity index (χ0n) is 16.5. The molecule has 0 aliphatic carbocycles. The van der Waals surface area contributed by atoms with Gasteiger partial charge in [0.25, 0.3) is 0 Å². The van der Waals surface area contributed by atoms with Gasteiger partial charge >= 0.3 is 0 Å². The van der Waals surface area contributed by atoms with Crippen LogP contribution in [0, 0.1) is 20.8 Å². The van der Waals surface area contributed by atoms with Crippen molar-refractivity contribution in [3.05, 3.63) is 50.5 Å². The van der Waals surface area contributed by atoms with Gasteiger partial charge < -0.3 is 10.2 Å². The summed E-state index contributed by atoms with van der Waals surface area (Å²) in [5.74, 6) is 1.85. The van der Waals surface area contributed by atoms with Crippen LogP contribution >= 0.6 is 22.7 Å². The Kier molecular flexibility index (Phi) is 4.56. The molecule has 4 aromatic rings. The largest absolute Gasteiger partial charge is 0.351 e. The summed E-state index contributed by atoms with van der Waals surface area (Å²) in [4.78, 5) is 18.9. The minimum atomic E-state index is 0.819. The van der Waals surface area contributed by atoms with E-state index >= 15 is 0 Å². The molecule has 0 aromatic carbocycles. The normalized spacial score (nSPS) is 13.1. The average Bonchev–Trinajstić information content (AvgIpc) is 3.36. The summed E-state index contributed by atoms with van der Waals surface area (Å²) in [7, 11) is 0. The van der Waals surface area contributed by atoms with Crippen LogP contribution < -0.4 is 10.2 Å². The van der Waals surface area contributed by atoms with Crippen LogP contribution in [0.1, 0.15) is 26.1 Å². The summed E-state index contributed by atoms with van der Waals surface area (Å²) in [5, 5.41) is 12.8. The lowest BCUT2D eigenvalue weighted by Gasteiger charge is -2.21. The quantitative estimate of drug-likeness (QED) is 0.498. The van der Waals surface area contributed by atoms with E-state index in [1.165, 1.54) is 9.75 Å². The summed E-state index contributed by atoms with van der Waals surface area (Å²) >= 11 is 3.46.